The first-order chi connectivity index (χ1) is 27.5. The second kappa shape index (κ2) is 12.7. The topological polar surface area (TPSA) is 25.8 Å². The van der Waals surface area contributed by atoms with Crippen molar-refractivity contribution in [3.05, 3.63) is 193 Å². The maximum Gasteiger partial charge on any atom is 0.160 e. The lowest BCUT2D eigenvalue weighted by Crippen LogP contribution is -2.14. The van der Waals surface area contributed by atoms with E-state index in [1.807, 2.05) is 17.4 Å². The number of hydrogen-bond donors (Lipinski definition) is 0. The average Bonchev–Trinajstić information content (AvgIpc) is 3.74. The van der Waals surface area contributed by atoms with Gasteiger partial charge in [0.15, 0.2) is 5.82 Å². The van der Waals surface area contributed by atoms with Crippen LogP contribution in [0.25, 0.3) is 98.2 Å². The van der Waals surface area contributed by atoms with Gasteiger partial charge in [0, 0.05) is 42.3 Å². The van der Waals surface area contributed by atoms with Gasteiger partial charge in [-0.1, -0.05) is 166 Å². The molecule has 0 unspecified atom stereocenters. The van der Waals surface area contributed by atoms with Gasteiger partial charge in [0.25, 0.3) is 0 Å². The van der Waals surface area contributed by atoms with Crippen LogP contribution in [0, 0.1) is 0 Å². The van der Waals surface area contributed by atoms with Crippen LogP contribution in [-0.2, 0) is 5.41 Å². The summed E-state index contributed by atoms with van der Waals surface area (Å²) in [5, 5.41) is 5.16. The highest BCUT2D eigenvalue weighted by atomic mass is 32.1. The molecule has 1 aliphatic rings. The summed E-state index contributed by atoms with van der Waals surface area (Å²) >= 11 is 1.86. The SMILES string of the molecule is CC1(C)c2cc3ccccc3cc2-c2c(-c3cc(-c4ccc(-c5ccccc5-c5ccc6c(c5)sc5ccccc56)cc4)nc(-c4ccccc4)n3)cccc21. The molecule has 10 aromatic rings. The smallest absolute Gasteiger partial charge is 0.160 e. The Kier molecular flexibility index (Phi) is 7.42. The number of hydrogen-bond acceptors (Lipinski definition) is 3. The van der Waals surface area contributed by atoms with Crippen molar-refractivity contribution in [2.24, 2.45) is 0 Å². The van der Waals surface area contributed by atoms with Gasteiger partial charge in [-0.05, 0) is 85.6 Å². The Morgan fingerprint density at radius 1 is 0.393 bits per heavy atom. The van der Waals surface area contributed by atoms with Crippen LogP contribution in [-0.4, -0.2) is 9.97 Å². The van der Waals surface area contributed by atoms with Gasteiger partial charge in [0.05, 0.1) is 11.4 Å². The molecule has 2 nitrogen and oxygen atoms in total. The molecule has 0 radical (unpaired) electrons. The van der Waals surface area contributed by atoms with Crippen LogP contribution in [0.3, 0.4) is 0 Å². The molecule has 0 saturated heterocycles. The minimum atomic E-state index is -0.140. The van der Waals surface area contributed by atoms with Crippen molar-refractivity contribution in [3.8, 4) is 67.3 Å². The minimum Gasteiger partial charge on any atom is -0.228 e. The van der Waals surface area contributed by atoms with Gasteiger partial charge in [0.2, 0.25) is 0 Å². The van der Waals surface area contributed by atoms with Crippen LogP contribution in [0.15, 0.2) is 182 Å². The lowest BCUT2D eigenvalue weighted by atomic mass is 9.81. The molecule has 0 N–H and O–H groups in total. The van der Waals surface area contributed by atoms with Crippen LogP contribution in [0.5, 0.6) is 0 Å². The Balaban J connectivity index is 1.03. The largest absolute Gasteiger partial charge is 0.228 e. The molecule has 0 bridgehead atoms. The molecular formula is C53H36N2S. The van der Waals surface area contributed by atoms with Gasteiger partial charge in [-0.25, -0.2) is 9.97 Å². The molecule has 11 rings (SSSR count). The predicted molar refractivity (Wildman–Crippen MR) is 237 cm³/mol. The third kappa shape index (κ3) is 5.23. The van der Waals surface area contributed by atoms with Gasteiger partial charge in [-0.15, -0.1) is 11.3 Å². The lowest BCUT2D eigenvalue weighted by molar-refractivity contribution is 0.661. The molecule has 0 fully saturated rings. The van der Waals surface area contributed by atoms with E-state index in [2.05, 4.69) is 190 Å². The first-order valence-corrected chi connectivity index (χ1v) is 20.0. The van der Waals surface area contributed by atoms with E-state index < -0.39 is 0 Å². The van der Waals surface area contributed by atoms with Crippen molar-refractivity contribution in [2.45, 2.75) is 19.3 Å². The van der Waals surface area contributed by atoms with Crippen molar-refractivity contribution >= 4 is 42.3 Å². The summed E-state index contributed by atoms with van der Waals surface area (Å²) in [4.78, 5) is 10.5. The summed E-state index contributed by atoms with van der Waals surface area (Å²) in [6, 6.07) is 65.9. The molecule has 0 amide bonds. The van der Waals surface area contributed by atoms with E-state index in [1.165, 1.54) is 75.5 Å². The Morgan fingerprint density at radius 3 is 1.84 bits per heavy atom. The Morgan fingerprint density at radius 2 is 1.02 bits per heavy atom. The van der Waals surface area contributed by atoms with E-state index in [9.17, 15) is 0 Å². The Labute approximate surface area is 330 Å². The summed E-state index contributed by atoms with van der Waals surface area (Å²) in [5.74, 6) is 0.720. The van der Waals surface area contributed by atoms with Crippen molar-refractivity contribution in [1.29, 1.82) is 0 Å². The van der Waals surface area contributed by atoms with Gasteiger partial charge in [0.1, 0.15) is 0 Å². The van der Waals surface area contributed by atoms with E-state index in [0.29, 0.717) is 0 Å². The standard InChI is InChI=1S/C53H36N2S/c1-53(2)45-21-12-20-43(51(45)44-29-36-15-6-7-16-37(36)30-46(44)53)48-32-47(54-52(55-48)35-13-4-3-5-14-35)34-25-23-33(24-26-34)39-17-8-9-18-40(39)38-27-28-42-41-19-10-11-22-49(41)56-50(42)31-38/h3-32H,1-2H3. The molecule has 0 atom stereocenters. The summed E-state index contributed by atoms with van der Waals surface area (Å²) in [6.45, 7) is 4.69. The van der Waals surface area contributed by atoms with Gasteiger partial charge >= 0.3 is 0 Å². The van der Waals surface area contributed by atoms with Crippen LogP contribution < -0.4 is 0 Å². The maximum absolute atomic E-state index is 5.30. The normalized spacial score (nSPS) is 13.0. The van der Waals surface area contributed by atoms with E-state index in [-0.39, 0.29) is 5.41 Å². The molecule has 2 heterocycles. The lowest BCUT2D eigenvalue weighted by Gasteiger charge is -2.22. The molecule has 0 aliphatic heterocycles. The minimum absolute atomic E-state index is 0.140. The van der Waals surface area contributed by atoms with Crippen LogP contribution in [0.4, 0.5) is 0 Å². The molecule has 0 saturated carbocycles. The van der Waals surface area contributed by atoms with Gasteiger partial charge in [-0.2, -0.15) is 0 Å². The number of benzene rings is 8. The zero-order chi connectivity index (χ0) is 37.4. The first-order valence-electron chi connectivity index (χ1n) is 19.2. The van der Waals surface area contributed by atoms with Crippen LogP contribution in [0.1, 0.15) is 25.0 Å². The molecular weight excluding hydrogens is 697 g/mol. The molecule has 1 aliphatic carbocycles. The third-order valence-electron chi connectivity index (χ3n) is 11.7. The molecule has 264 valence electrons. The van der Waals surface area contributed by atoms with Crippen molar-refractivity contribution in [2.75, 3.05) is 0 Å². The fourth-order valence-corrected chi connectivity index (χ4v) is 9.98. The Bertz CT molecular complexity index is 3150. The number of aromatic nitrogens is 2. The second-order valence-corrected chi connectivity index (χ2v) is 16.4. The summed E-state index contributed by atoms with van der Waals surface area (Å²) in [5.41, 5.74) is 14.9. The van der Waals surface area contributed by atoms with Gasteiger partial charge < -0.3 is 0 Å². The fourth-order valence-electron chi connectivity index (χ4n) is 8.84. The number of thiophene rings is 1. The van der Waals surface area contributed by atoms with Crippen molar-refractivity contribution in [1.82, 2.24) is 9.97 Å². The first kappa shape index (κ1) is 32.7. The summed E-state index contributed by atoms with van der Waals surface area (Å²) in [7, 11) is 0. The second-order valence-electron chi connectivity index (χ2n) is 15.4. The van der Waals surface area contributed by atoms with E-state index in [1.54, 1.807) is 0 Å². The van der Waals surface area contributed by atoms with E-state index in [4.69, 9.17) is 9.97 Å². The van der Waals surface area contributed by atoms with E-state index in [0.717, 1.165) is 33.9 Å². The highest BCUT2D eigenvalue weighted by molar-refractivity contribution is 7.25. The number of fused-ring (bicyclic) bond motifs is 7. The molecule has 8 aromatic carbocycles. The zero-order valence-corrected chi connectivity index (χ0v) is 31.9. The van der Waals surface area contributed by atoms with Crippen molar-refractivity contribution < 1.29 is 0 Å². The quantitative estimate of drug-likeness (QED) is 0.176. The highest BCUT2D eigenvalue weighted by Gasteiger charge is 2.37. The van der Waals surface area contributed by atoms with E-state index >= 15 is 0 Å². The molecule has 0 spiro atoms. The number of rotatable bonds is 5. The summed E-state index contributed by atoms with van der Waals surface area (Å²) < 4.78 is 2.64. The van der Waals surface area contributed by atoms with Gasteiger partial charge in [-0.3, -0.25) is 0 Å². The third-order valence-corrected chi connectivity index (χ3v) is 12.8. The average molecular weight is 733 g/mol. The monoisotopic (exact) mass is 732 g/mol. The fraction of sp³-hybridized carbons (Fsp3) is 0.0566. The number of nitrogens with zero attached hydrogens (tertiary/aromatic N) is 2. The maximum atomic E-state index is 5.30. The Hall–Kier alpha value is -6.68. The van der Waals surface area contributed by atoms with Crippen molar-refractivity contribution in [3.63, 3.8) is 0 Å². The highest BCUT2D eigenvalue weighted by Crippen LogP contribution is 2.53. The predicted octanol–water partition coefficient (Wildman–Crippen LogP) is 14.6. The molecule has 2 aromatic heterocycles. The molecule has 56 heavy (non-hydrogen) atoms. The van der Waals surface area contributed by atoms with Crippen LogP contribution >= 0.6 is 11.3 Å². The van der Waals surface area contributed by atoms with Crippen LogP contribution in [0.2, 0.25) is 0 Å². The molecule has 3 heteroatoms. The summed E-state index contributed by atoms with van der Waals surface area (Å²) in [6.07, 6.45) is 0. The zero-order valence-electron chi connectivity index (χ0n) is 31.1.